The number of allylic oxidation sites excluding steroid dienone is 2. The molecule has 0 aromatic heterocycles. The minimum Gasteiger partial charge on any atom is -0.519 e. The highest BCUT2D eigenvalue weighted by molar-refractivity contribution is 6.71. The normalized spacial score (nSPS) is 47.7. The van der Waals surface area contributed by atoms with Crippen molar-refractivity contribution in [2.24, 2.45) is 56.7 Å². The van der Waals surface area contributed by atoms with Crippen LogP contribution in [0, 0.1) is 56.7 Å². The standard InChI is InChI=1S/C36H64O3Si2/c1-24-16-21-36(31(37)39-41(11,12)13)23-22-34(6)26(30(36)25(24)2)14-15-28-33(5)19-18-29(38-40(8,9)10)32(3,4)27(33)17-20-35(28,34)7/h14,24-25,27-30H,15-23H2,1-13H3/t24-,25+,27+,28-,29-,30+,33+,34-,35-,36+/m1/s1. The summed E-state index contributed by atoms with van der Waals surface area (Å²) in [6.45, 7) is 31.6. The first-order chi connectivity index (χ1) is 18.6. The van der Waals surface area contributed by atoms with Crippen molar-refractivity contribution in [3.63, 3.8) is 0 Å². The lowest BCUT2D eigenvalue weighted by atomic mass is 9.33. The van der Waals surface area contributed by atoms with Gasteiger partial charge in [-0.2, -0.15) is 0 Å². The van der Waals surface area contributed by atoms with Crippen LogP contribution in [-0.4, -0.2) is 28.7 Å². The largest absolute Gasteiger partial charge is 0.519 e. The van der Waals surface area contributed by atoms with Crippen LogP contribution in [-0.2, 0) is 13.6 Å². The molecule has 0 amide bonds. The second-order valence-corrected chi connectivity index (χ2v) is 27.8. The van der Waals surface area contributed by atoms with E-state index >= 15 is 0 Å². The van der Waals surface area contributed by atoms with Gasteiger partial charge in [0.25, 0.3) is 5.97 Å². The highest BCUT2D eigenvalue weighted by Crippen LogP contribution is 2.76. The van der Waals surface area contributed by atoms with E-state index in [9.17, 15) is 4.79 Å². The lowest BCUT2D eigenvalue weighted by Gasteiger charge is -2.71. The van der Waals surface area contributed by atoms with Crippen molar-refractivity contribution in [2.45, 2.75) is 152 Å². The van der Waals surface area contributed by atoms with Gasteiger partial charge in [0.1, 0.15) is 0 Å². The summed E-state index contributed by atoms with van der Waals surface area (Å²) in [6.07, 6.45) is 13.7. The van der Waals surface area contributed by atoms with Gasteiger partial charge in [-0.05, 0) is 148 Å². The van der Waals surface area contributed by atoms with Gasteiger partial charge >= 0.3 is 0 Å². The fourth-order valence-electron chi connectivity index (χ4n) is 11.8. The second kappa shape index (κ2) is 9.80. The fraction of sp³-hybridized carbons (Fsp3) is 0.917. The molecule has 0 aromatic carbocycles. The topological polar surface area (TPSA) is 35.5 Å². The number of carbonyl (C=O) groups is 1. The molecular formula is C36H64O3Si2. The van der Waals surface area contributed by atoms with Gasteiger partial charge in [-0.25, -0.2) is 0 Å². The highest BCUT2D eigenvalue weighted by Gasteiger charge is 2.70. The van der Waals surface area contributed by atoms with Crippen LogP contribution in [0.25, 0.3) is 0 Å². The minimum atomic E-state index is -1.97. The predicted octanol–water partition coefficient (Wildman–Crippen LogP) is 10.2. The van der Waals surface area contributed by atoms with Crippen molar-refractivity contribution in [1.29, 1.82) is 0 Å². The molecule has 0 saturated heterocycles. The predicted molar refractivity (Wildman–Crippen MR) is 177 cm³/mol. The van der Waals surface area contributed by atoms with E-state index in [0.717, 1.165) is 25.7 Å². The van der Waals surface area contributed by atoms with E-state index in [2.05, 4.69) is 93.8 Å². The Labute approximate surface area is 255 Å². The maximum absolute atomic E-state index is 14.2. The summed E-state index contributed by atoms with van der Waals surface area (Å²) in [5, 5.41) is 0. The first kappa shape index (κ1) is 32.0. The summed E-state index contributed by atoms with van der Waals surface area (Å²) in [4.78, 5) is 14.2. The third-order valence-corrected chi connectivity index (χ3v) is 16.0. The van der Waals surface area contributed by atoms with Crippen LogP contribution in [0.2, 0.25) is 39.3 Å². The van der Waals surface area contributed by atoms with Crippen LogP contribution in [0.15, 0.2) is 11.6 Å². The molecule has 0 aromatic rings. The lowest BCUT2D eigenvalue weighted by Crippen LogP contribution is -2.66. The molecule has 5 heteroatoms. The molecule has 0 spiro atoms. The third-order valence-electron chi connectivity index (χ3n) is 14.2. The van der Waals surface area contributed by atoms with Crippen molar-refractivity contribution in [1.82, 2.24) is 0 Å². The lowest BCUT2D eigenvalue weighted by molar-refractivity contribution is -0.204. The smallest absolute Gasteiger partial charge is 0.299 e. The van der Waals surface area contributed by atoms with Gasteiger partial charge in [-0.3, -0.25) is 4.79 Å². The van der Waals surface area contributed by atoms with Crippen molar-refractivity contribution in [3.8, 4) is 0 Å². The van der Waals surface area contributed by atoms with Crippen molar-refractivity contribution in [2.75, 3.05) is 0 Å². The van der Waals surface area contributed by atoms with Crippen LogP contribution in [0.5, 0.6) is 0 Å². The van der Waals surface area contributed by atoms with Gasteiger partial charge in [0.05, 0.1) is 11.5 Å². The monoisotopic (exact) mass is 600 g/mol. The van der Waals surface area contributed by atoms with Crippen molar-refractivity contribution >= 4 is 22.6 Å². The molecule has 5 rings (SSSR count). The average Bonchev–Trinajstić information content (AvgIpc) is 2.82. The van der Waals surface area contributed by atoms with Crippen molar-refractivity contribution in [3.05, 3.63) is 11.6 Å². The molecule has 5 aliphatic rings. The number of hydrogen-bond donors (Lipinski definition) is 0. The van der Waals surface area contributed by atoms with Crippen LogP contribution in [0.1, 0.15) is 106 Å². The molecule has 41 heavy (non-hydrogen) atoms. The Morgan fingerprint density at radius 1 is 0.805 bits per heavy atom. The first-order valence-corrected chi connectivity index (χ1v) is 24.1. The summed E-state index contributed by atoms with van der Waals surface area (Å²) in [6, 6.07) is 0. The number of fused-ring (bicyclic) bond motifs is 7. The molecule has 0 aliphatic heterocycles. The average molecular weight is 601 g/mol. The minimum absolute atomic E-state index is 0.147. The molecule has 4 fully saturated rings. The highest BCUT2D eigenvalue weighted by atomic mass is 28.4. The van der Waals surface area contributed by atoms with Crippen LogP contribution >= 0.6 is 0 Å². The van der Waals surface area contributed by atoms with E-state index in [1.54, 1.807) is 5.57 Å². The van der Waals surface area contributed by atoms with Gasteiger partial charge in [0, 0.05) is 0 Å². The zero-order valence-electron chi connectivity index (χ0n) is 29.1. The number of carbonyl (C=O) groups excluding carboxylic acids is 1. The molecule has 234 valence electrons. The SMILES string of the molecule is C[C@H]1[C@H](C)CC[C@]2(C(=O)O[Si](C)(C)C)CC[C@]3(C)C(=CC[C@@H]4[C@@]5(C)CC[C@@H](O[Si](C)(C)C)C(C)(C)[C@@H]5CC[C@]43C)[C@H]12. The maximum atomic E-state index is 14.2. The fourth-order valence-corrected chi connectivity index (χ4v) is 13.9. The quantitative estimate of drug-likeness (QED) is 0.238. The van der Waals surface area contributed by atoms with Crippen molar-refractivity contribution < 1.29 is 13.6 Å². The Morgan fingerprint density at radius 3 is 2.07 bits per heavy atom. The van der Waals surface area contributed by atoms with Crippen LogP contribution in [0.4, 0.5) is 0 Å². The summed E-state index contributed by atoms with van der Waals surface area (Å²) in [7, 11) is -3.58. The Bertz CT molecular complexity index is 1080. The first-order valence-electron chi connectivity index (χ1n) is 17.2. The van der Waals surface area contributed by atoms with Crippen LogP contribution < -0.4 is 0 Å². The Balaban J connectivity index is 1.54. The van der Waals surface area contributed by atoms with E-state index < -0.39 is 16.6 Å². The molecule has 0 unspecified atom stereocenters. The molecule has 0 radical (unpaired) electrons. The van der Waals surface area contributed by atoms with Gasteiger partial charge < -0.3 is 8.85 Å². The summed E-state index contributed by atoms with van der Waals surface area (Å²) in [5.41, 5.74) is 2.29. The molecular weight excluding hydrogens is 537 g/mol. The van der Waals surface area contributed by atoms with Gasteiger partial charge in [-0.15, -0.1) is 0 Å². The Hall–Kier alpha value is -0.396. The third kappa shape index (κ3) is 4.75. The van der Waals surface area contributed by atoms with E-state index in [4.69, 9.17) is 8.85 Å². The van der Waals surface area contributed by atoms with E-state index in [-0.39, 0.29) is 27.6 Å². The Morgan fingerprint density at radius 2 is 1.46 bits per heavy atom. The van der Waals surface area contributed by atoms with Crippen LogP contribution in [0.3, 0.4) is 0 Å². The molecule has 0 heterocycles. The maximum Gasteiger partial charge on any atom is 0.299 e. The molecule has 0 N–H and O–H groups in total. The Kier molecular flexibility index (Phi) is 7.65. The summed E-state index contributed by atoms with van der Waals surface area (Å²) >= 11 is 0. The molecule has 4 saturated carbocycles. The van der Waals surface area contributed by atoms with Gasteiger partial charge in [0.15, 0.2) is 8.32 Å². The summed E-state index contributed by atoms with van der Waals surface area (Å²) in [5.74, 6) is 3.03. The number of rotatable bonds is 4. The molecule has 5 aliphatic carbocycles. The van der Waals surface area contributed by atoms with E-state index in [0.29, 0.717) is 41.1 Å². The molecule has 0 bridgehead atoms. The van der Waals surface area contributed by atoms with Gasteiger partial charge in [0.2, 0.25) is 8.32 Å². The van der Waals surface area contributed by atoms with E-state index in [1.165, 1.54) is 32.1 Å². The zero-order valence-corrected chi connectivity index (χ0v) is 31.1. The van der Waals surface area contributed by atoms with Gasteiger partial charge in [-0.1, -0.05) is 60.1 Å². The van der Waals surface area contributed by atoms with E-state index in [1.807, 2.05) is 0 Å². The number of hydrogen-bond acceptors (Lipinski definition) is 3. The molecule has 3 nitrogen and oxygen atoms in total. The molecule has 10 atom stereocenters. The summed E-state index contributed by atoms with van der Waals surface area (Å²) < 4.78 is 13.3. The second-order valence-electron chi connectivity index (χ2n) is 18.9. The zero-order chi connectivity index (χ0) is 30.6.